The van der Waals surface area contributed by atoms with E-state index in [2.05, 4.69) is 0 Å². The van der Waals surface area contributed by atoms with E-state index in [4.69, 9.17) is 14.6 Å². The molecule has 0 aliphatic carbocycles. The number of hydrogen-bond donors (Lipinski definition) is 1. The quantitative estimate of drug-likeness (QED) is 0.772. The van der Waals surface area contributed by atoms with Gasteiger partial charge in [-0.2, -0.15) is 0 Å². The van der Waals surface area contributed by atoms with Crippen LogP contribution in [0.1, 0.15) is 21.5 Å². The van der Waals surface area contributed by atoms with Gasteiger partial charge in [0.2, 0.25) is 0 Å². The van der Waals surface area contributed by atoms with Gasteiger partial charge in [-0.1, -0.05) is 6.07 Å². The van der Waals surface area contributed by atoms with Gasteiger partial charge in [-0.15, -0.1) is 0 Å². The Morgan fingerprint density at radius 3 is 2.60 bits per heavy atom. The number of rotatable bonds is 4. The number of aryl methyl sites for hydroxylation is 1. The van der Waals surface area contributed by atoms with Crippen LogP contribution in [0.2, 0.25) is 0 Å². The second-order valence-corrected chi connectivity index (χ2v) is 3.24. The van der Waals surface area contributed by atoms with Crippen LogP contribution < -0.4 is 4.74 Å². The summed E-state index contributed by atoms with van der Waals surface area (Å²) in [5, 5.41) is 9.05. The van der Waals surface area contributed by atoms with Crippen LogP contribution in [-0.4, -0.2) is 25.0 Å². The van der Waals surface area contributed by atoms with E-state index in [-0.39, 0.29) is 12.4 Å². The number of carboxylic acids is 1. The SMILES string of the molecule is COCOc1ccc(C)c(C)c1C(=O)O. The van der Waals surface area contributed by atoms with Crippen molar-refractivity contribution in [3.8, 4) is 5.75 Å². The zero-order valence-corrected chi connectivity index (χ0v) is 9.03. The van der Waals surface area contributed by atoms with E-state index in [0.717, 1.165) is 11.1 Å². The van der Waals surface area contributed by atoms with Crippen LogP contribution in [0.4, 0.5) is 0 Å². The summed E-state index contributed by atoms with van der Waals surface area (Å²) in [5.74, 6) is -0.644. The van der Waals surface area contributed by atoms with E-state index in [1.165, 1.54) is 7.11 Å². The van der Waals surface area contributed by atoms with Crippen molar-refractivity contribution in [2.24, 2.45) is 0 Å². The average molecular weight is 210 g/mol. The zero-order chi connectivity index (χ0) is 11.4. The fourth-order valence-electron chi connectivity index (χ4n) is 1.30. The first-order valence-corrected chi connectivity index (χ1v) is 4.53. The summed E-state index contributed by atoms with van der Waals surface area (Å²) in [5.41, 5.74) is 1.85. The molecule has 0 amide bonds. The molecule has 0 aliphatic heterocycles. The van der Waals surface area contributed by atoms with Crippen LogP contribution >= 0.6 is 0 Å². The first-order chi connectivity index (χ1) is 7.07. The minimum Gasteiger partial charge on any atom is -0.478 e. The lowest BCUT2D eigenvalue weighted by molar-refractivity contribution is 0.0483. The Bertz CT molecular complexity index is 371. The van der Waals surface area contributed by atoms with Gasteiger partial charge in [0.1, 0.15) is 11.3 Å². The molecule has 1 aromatic carbocycles. The molecule has 4 heteroatoms. The van der Waals surface area contributed by atoms with Gasteiger partial charge in [0.25, 0.3) is 0 Å². The summed E-state index contributed by atoms with van der Waals surface area (Å²) >= 11 is 0. The van der Waals surface area contributed by atoms with Gasteiger partial charge in [-0.3, -0.25) is 0 Å². The van der Waals surface area contributed by atoms with Crippen LogP contribution in [0.5, 0.6) is 5.75 Å². The third-order valence-corrected chi connectivity index (χ3v) is 2.24. The molecular formula is C11H14O4. The highest BCUT2D eigenvalue weighted by Gasteiger charge is 2.15. The van der Waals surface area contributed by atoms with Crippen molar-refractivity contribution in [2.45, 2.75) is 13.8 Å². The second-order valence-electron chi connectivity index (χ2n) is 3.24. The van der Waals surface area contributed by atoms with Gasteiger partial charge in [0.05, 0.1) is 0 Å². The average Bonchev–Trinajstić information content (AvgIpc) is 2.19. The lowest BCUT2D eigenvalue weighted by atomic mass is 10.0. The molecule has 0 aliphatic rings. The Hall–Kier alpha value is -1.55. The lowest BCUT2D eigenvalue weighted by Crippen LogP contribution is -2.08. The maximum absolute atomic E-state index is 11.0. The molecule has 1 aromatic rings. The predicted octanol–water partition coefficient (Wildman–Crippen LogP) is 1.98. The molecule has 0 radical (unpaired) electrons. The molecule has 0 heterocycles. The van der Waals surface area contributed by atoms with E-state index in [1.807, 2.05) is 13.0 Å². The largest absolute Gasteiger partial charge is 0.478 e. The standard InChI is InChI=1S/C11H14O4/c1-7-4-5-9(15-6-14-3)10(8(7)2)11(12)13/h4-5H,6H2,1-3H3,(H,12,13). The normalized spacial score (nSPS) is 10.1. The van der Waals surface area contributed by atoms with Gasteiger partial charge in [0.15, 0.2) is 6.79 Å². The number of methoxy groups -OCH3 is 1. The molecule has 0 saturated heterocycles. The van der Waals surface area contributed by atoms with Crippen molar-refractivity contribution in [2.75, 3.05) is 13.9 Å². The Morgan fingerprint density at radius 2 is 2.07 bits per heavy atom. The number of ether oxygens (including phenoxy) is 2. The molecule has 82 valence electrons. The van der Waals surface area contributed by atoms with Crippen molar-refractivity contribution in [1.82, 2.24) is 0 Å². The summed E-state index contributed by atoms with van der Waals surface area (Å²) in [4.78, 5) is 11.0. The van der Waals surface area contributed by atoms with Gasteiger partial charge in [-0.05, 0) is 31.0 Å². The molecule has 0 aromatic heterocycles. The number of carbonyl (C=O) groups is 1. The molecule has 0 atom stereocenters. The molecular weight excluding hydrogens is 196 g/mol. The van der Waals surface area contributed by atoms with E-state index in [9.17, 15) is 4.79 Å². The van der Waals surface area contributed by atoms with Gasteiger partial charge < -0.3 is 14.6 Å². The lowest BCUT2D eigenvalue weighted by Gasteiger charge is -2.11. The third-order valence-electron chi connectivity index (χ3n) is 2.24. The van der Waals surface area contributed by atoms with Crippen LogP contribution in [0.3, 0.4) is 0 Å². The first-order valence-electron chi connectivity index (χ1n) is 4.53. The smallest absolute Gasteiger partial charge is 0.339 e. The number of aromatic carboxylic acids is 1. The van der Waals surface area contributed by atoms with E-state index in [1.54, 1.807) is 13.0 Å². The molecule has 0 fully saturated rings. The molecule has 1 N–H and O–H groups in total. The van der Waals surface area contributed by atoms with Crippen LogP contribution in [0.25, 0.3) is 0 Å². The summed E-state index contributed by atoms with van der Waals surface area (Å²) in [6.07, 6.45) is 0. The van der Waals surface area contributed by atoms with E-state index in [0.29, 0.717) is 5.75 Å². The molecule has 0 bridgehead atoms. The maximum atomic E-state index is 11.0. The molecule has 0 unspecified atom stereocenters. The van der Waals surface area contributed by atoms with Crippen molar-refractivity contribution >= 4 is 5.97 Å². The Balaban J connectivity index is 3.15. The zero-order valence-electron chi connectivity index (χ0n) is 9.03. The first kappa shape index (κ1) is 11.5. The summed E-state index contributed by atoms with van der Waals surface area (Å²) < 4.78 is 9.92. The Kier molecular flexibility index (Phi) is 3.68. The summed E-state index contributed by atoms with van der Waals surface area (Å²) in [6, 6.07) is 3.47. The predicted molar refractivity (Wildman–Crippen MR) is 55.4 cm³/mol. The van der Waals surface area contributed by atoms with Gasteiger partial charge in [-0.25, -0.2) is 4.79 Å². The number of benzene rings is 1. The third kappa shape index (κ3) is 2.47. The fraction of sp³-hybridized carbons (Fsp3) is 0.364. The minimum atomic E-state index is -0.984. The fourth-order valence-corrected chi connectivity index (χ4v) is 1.30. The molecule has 1 rings (SSSR count). The van der Waals surface area contributed by atoms with E-state index < -0.39 is 5.97 Å². The Morgan fingerprint density at radius 1 is 1.40 bits per heavy atom. The summed E-state index contributed by atoms with van der Waals surface area (Å²) in [6.45, 7) is 3.67. The van der Waals surface area contributed by atoms with Crippen molar-refractivity contribution in [3.05, 3.63) is 28.8 Å². The summed E-state index contributed by atoms with van der Waals surface area (Å²) in [7, 11) is 1.49. The number of carboxylic acid groups (broad SMARTS) is 1. The van der Waals surface area contributed by atoms with Gasteiger partial charge in [0, 0.05) is 7.11 Å². The van der Waals surface area contributed by atoms with E-state index >= 15 is 0 Å². The van der Waals surface area contributed by atoms with Gasteiger partial charge >= 0.3 is 5.97 Å². The highest BCUT2D eigenvalue weighted by atomic mass is 16.7. The Labute approximate surface area is 88.4 Å². The topological polar surface area (TPSA) is 55.8 Å². The molecule has 4 nitrogen and oxygen atoms in total. The highest BCUT2D eigenvalue weighted by Crippen LogP contribution is 2.24. The minimum absolute atomic E-state index is 0.0444. The molecule has 15 heavy (non-hydrogen) atoms. The van der Waals surface area contributed by atoms with Crippen LogP contribution in [0.15, 0.2) is 12.1 Å². The maximum Gasteiger partial charge on any atom is 0.339 e. The van der Waals surface area contributed by atoms with Crippen LogP contribution in [0, 0.1) is 13.8 Å². The number of hydrogen-bond acceptors (Lipinski definition) is 3. The highest BCUT2D eigenvalue weighted by molar-refractivity contribution is 5.93. The second kappa shape index (κ2) is 4.79. The molecule has 0 saturated carbocycles. The monoisotopic (exact) mass is 210 g/mol. The van der Waals surface area contributed by atoms with Crippen molar-refractivity contribution in [3.63, 3.8) is 0 Å². The van der Waals surface area contributed by atoms with Crippen molar-refractivity contribution < 1.29 is 19.4 Å². The van der Waals surface area contributed by atoms with Crippen LogP contribution in [-0.2, 0) is 4.74 Å². The molecule has 0 spiro atoms. The van der Waals surface area contributed by atoms with Crippen molar-refractivity contribution in [1.29, 1.82) is 0 Å².